The molecule has 0 atom stereocenters. The van der Waals surface area contributed by atoms with Gasteiger partial charge in [-0.05, 0) is 49.7 Å². The second-order valence-electron chi connectivity index (χ2n) is 6.78. The highest BCUT2D eigenvalue weighted by Crippen LogP contribution is 2.27. The number of fused-ring (bicyclic) bond motifs is 1. The monoisotopic (exact) mass is 395 g/mol. The molecule has 1 aliphatic rings. The summed E-state index contributed by atoms with van der Waals surface area (Å²) in [6.07, 6.45) is 0. The predicted octanol–water partition coefficient (Wildman–Crippen LogP) is 2.73. The van der Waals surface area contributed by atoms with Crippen LogP contribution in [-0.4, -0.2) is 46.9 Å². The van der Waals surface area contributed by atoms with Crippen LogP contribution in [0.1, 0.15) is 50.5 Å². The molecule has 2 aromatic carbocycles. The maximum Gasteiger partial charge on any atom is 0.335 e. The third kappa shape index (κ3) is 3.82. The summed E-state index contributed by atoms with van der Waals surface area (Å²) in [6.45, 7) is 5.70. The third-order valence-corrected chi connectivity index (χ3v) is 4.81. The Kier molecular flexibility index (Phi) is 5.36. The summed E-state index contributed by atoms with van der Waals surface area (Å²) in [5.74, 6) is -2.34. The van der Waals surface area contributed by atoms with Gasteiger partial charge in [0.15, 0.2) is 0 Å². The number of nitrogens with zero attached hydrogens (tertiary/aromatic N) is 2. The van der Waals surface area contributed by atoms with E-state index >= 15 is 0 Å². The Bertz CT molecular complexity index is 1030. The van der Waals surface area contributed by atoms with Crippen molar-refractivity contribution in [2.24, 2.45) is 0 Å². The smallest absolute Gasteiger partial charge is 0.335 e. The summed E-state index contributed by atoms with van der Waals surface area (Å²) in [4.78, 5) is 51.0. The van der Waals surface area contributed by atoms with Gasteiger partial charge in [0.2, 0.25) is 5.91 Å². The van der Waals surface area contributed by atoms with Crippen LogP contribution in [0.4, 0.5) is 11.4 Å². The van der Waals surface area contributed by atoms with E-state index in [2.05, 4.69) is 5.32 Å². The fourth-order valence-electron chi connectivity index (χ4n) is 3.22. The minimum Gasteiger partial charge on any atom is -0.478 e. The molecular formula is C21H21N3O5. The maximum absolute atomic E-state index is 12.8. The number of anilines is 2. The Hall–Kier alpha value is -3.68. The van der Waals surface area contributed by atoms with Crippen molar-refractivity contribution in [2.75, 3.05) is 23.4 Å². The number of benzene rings is 2. The maximum atomic E-state index is 12.8. The lowest BCUT2D eigenvalue weighted by atomic mass is 10.1. The number of aryl methyl sites for hydroxylation is 1. The summed E-state index contributed by atoms with van der Waals surface area (Å²) in [5, 5.41) is 11.9. The van der Waals surface area contributed by atoms with Gasteiger partial charge in [0.25, 0.3) is 11.8 Å². The van der Waals surface area contributed by atoms with E-state index in [0.29, 0.717) is 12.2 Å². The SMILES string of the molecule is CCN(CN1C(=O)c2ccc(C(=O)O)cc2C1=O)c1ccc(C)c(NC(C)=O)c1. The Morgan fingerprint density at radius 3 is 2.38 bits per heavy atom. The van der Waals surface area contributed by atoms with Gasteiger partial charge >= 0.3 is 5.97 Å². The van der Waals surface area contributed by atoms with Crippen molar-refractivity contribution in [1.29, 1.82) is 0 Å². The van der Waals surface area contributed by atoms with Crippen molar-refractivity contribution in [1.82, 2.24) is 4.90 Å². The van der Waals surface area contributed by atoms with E-state index in [1.165, 1.54) is 25.1 Å². The first-order valence-electron chi connectivity index (χ1n) is 9.09. The fraction of sp³-hybridized carbons (Fsp3) is 0.238. The van der Waals surface area contributed by atoms with E-state index in [9.17, 15) is 19.2 Å². The predicted molar refractivity (Wildman–Crippen MR) is 107 cm³/mol. The second-order valence-corrected chi connectivity index (χ2v) is 6.78. The number of aromatic carboxylic acids is 1. The van der Waals surface area contributed by atoms with Crippen LogP contribution in [0, 0.1) is 6.92 Å². The number of hydrogen-bond donors (Lipinski definition) is 2. The number of imide groups is 1. The quantitative estimate of drug-likeness (QED) is 0.729. The van der Waals surface area contributed by atoms with E-state index in [4.69, 9.17) is 5.11 Å². The molecule has 0 unspecified atom stereocenters. The molecule has 3 rings (SSSR count). The molecule has 0 aliphatic carbocycles. The van der Waals surface area contributed by atoms with Gasteiger partial charge in [-0.3, -0.25) is 19.3 Å². The number of carboxylic acids is 1. The minimum atomic E-state index is -1.16. The van der Waals surface area contributed by atoms with Crippen molar-refractivity contribution in [2.45, 2.75) is 20.8 Å². The van der Waals surface area contributed by atoms with Gasteiger partial charge in [0, 0.05) is 24.8 Å². The first-order valence-corrected chi connectivity index (χ1v) is 9.09. The zero-order valence-corrected chi connectivity index (χ0v) is 16.4. The molecule has 150 valence electrons. The van der Waals surface area contributed by atoms with E-state index in [1.54, 1.807) is 6.07 Å². The molecule has 1 aliphatic heterocycles. The molecule has 2 aromatic rings. The highest BCUT2D eigenvalue weighted by molar-refractivity contribution is 6.22. The van der Waals surface area contributed by atoms with Crippen LogP contribution in [0.3, 0.4) is 0 Å². The standard InChI is InChI=1S/C21H21N3O5/c1-4-23(15-7-5-12(2)18(10-15)22-13(3)25)11-24-19(26)16-8-6-14(21(28)29)9-17(16)20(24)27/h5-10H,4,11H2,1-3H3,(H,22,25)(H,28,29). The van der Waals surface area contributed by atoms with E-state index < -0.39 is 17.8 Å². The number of carbonyl (C=O) groups excluding carboxylic acids is 3. The molecule has 8 nitrogen and oxygen atoms in total. The van der Waals surface area contributed by atoms with E-state index in [-0.39, 0.29) is 29.3 Å². The molecule has 0 spiro atoms. The normalized spacial score (nSPS) is 12.7. The molecule has 0 saturated carbocycles. The summed E-state index contributed by atoms with van der Waals surface area (Å²) in [6, 6.07) is 9.41. The van der Waals surface area contributed by atoms with Crippen LogP contribution >= 0.6 is 0 Å². The average Bonchev–Trinajstić information content (AvgIpc) is 2.91. The van der Waals surface area contributed by atoms with Crippen molar-refractivity contribution >= 4 is 35.1 Å². The van der Waals surface area contributed by atoms with Gasteiger partial charge in [-0.1, -0.05) is 6.07 Å². The molecule has 29 heavy (non-hydrogen) atoms. The summed E-state index contributed by atoms with van der Waals surface area (Å²) >= 11 is 0. The zero-order chi connectivity index (χ0) is 21.3. The van der Waals surface area contributed by atoms with Crippen molar-refractivity contribution in [3.8, 4) is 0 Å². The van der Waals surface area contributed by atoms with Gasteiger partial charge in [-0.25, -0.2) is 4.79 Å². The van der Waals surface area contributed by atoms with Crippen molar-refractivity contribution in [3.05, 3.63) is 58.7 Å². The fourth-order valence-corrected chi connectivity index (χ4v) is 3.22. The number of amides is 3. The Morgan fingerprint density at radius 1 is 1.07 bits per heavy atom. The first-order chi connectivity index (χ1) is 13.7. The van der Waals surface area contributed by atoms with E-state index in [1.807, 2.05) is 30.9 Å². The van der Waals surface area contributed by atoms with Crippen molar-refractivity contribution < 1.29 is 24.3 Å². The highest BCUT2D eigenvalue weighted by atomic mass is 16.4. The Balaban J connectivity index is 1.88. The topological polar surface area (TPSA) is 107 Å². The van der Waals surface area contributed by atoms with Crippen molar-refractivity contribution in [3.63, 3.8) is 0 Å². The molecule has 2 N–H and O–H groups in total. The molecule has 0 bridgehead atoms. The van der Waals surface area contributed by atoms with Gasteiger partial charge in [-0.2, -0.15) is 0 Å². The summed E-state index contributed by atoms with van der Waals surface area (Å²) in [7, 11) is 0. The van der Waals surface area contributed by atoms with Crippen LogP contribution in [0.2, 0.25) is 0 Å². The van der Waals surface area contributed by atoms with Gasteiger partial charge in [0.05, 0.1) is 16.7 Å². The summed E-state index contributed by atoms with van der Waals surface area (Å²) < 4.78 is 0. The molecule has 0 saturated heterocycles. The lowest BCUT2D eigenvalue weighted by Gasteiger charge is -2.28. The molecule has 0 aromatic heterocycles. The summed E-state index contributed by atoms with van der Waals surface area (Å²) in [5.41, 5.74) is 2.53. The molecule has 0 fully saturated rings. The van der Waals surface area contributed by atoms with Gasteiger partial charge < -0.3 is 15.3 Å². The third-order valence-electron chi connectivity index (χ3n) is 4.81. The van der Waals surface area contributed by atoms with Gasteiger partial charge in [-0.15, -0.1) is 0 Å². The second kappa shape index (κ2) is 7.75. The van der Waals surface area contributed by atoms with Crippen LogP contribution in [0.25, 0.3) is 0 Å². The highest BCUT2D eigenvalue weighted by Gasteiger charge is 2.37. The molecule has 8 heteroatoms. The zero-order valence-electron chi connectivity index (χ0n) is 16.4. The minimum absolute atomic E-state index is 0.00776. The van der Waals surface area contributed by atoms with Crippen LogP contribution in [0.5, 0.6) is 0 Å². The Morgan fingerprint density at radius 2 is 1.76 bits per heavy atom. The lowest BCUT2D eigenvalue weighted by molar-refractivity contribution is -0.114. The van der Waals surface area contributed by atoms with E-state index in [0.717, 1.165) is 16.2 Å². The average molecular weight is 395 g/mol. The van der Waals surface area contributed by atoms with Crippen LogP contribution in [-0.2, 0) is 4.79 Å². The first kappa shape index (κ1) is 20.1. The van der Waals surface area contributed by atoms with Crippen LogP contribution in [0.15, 0.2) is 36.4 Å². The number of carboxylic acid groups (broad SMARTS) is 1. The number of rotatable bonds is 6. The lowest BCUT2D eigenvalue weighted by Crippen LogP contribution is -2.41. The van der Waals surface area contributed by atoms with Gasteiger partial charge in [0.1, 0.15) is 6.67 Å². The molecular weight excluding hydrogens is 374 g/mol. The number of nitrogens with one attached hydrogen (secondary N) is 1. The molecule has 3 amide bonds. The largest absolute Gasteiger partial charge is 0.478 e. The number of carbonyl (C=O) groups is 4. The van der Waals surface area contributed by atoms with Crippen LogP contribution < -0.4 is 10.2 Å². The molecule has 1 heterocycles. The Labute approximate surface area is 167 Å². The number of hydrogen-bond acceptors (Lipinski definition) is 5. The molecule has 0 radical (unpaired) electrons.